The molecular formula is C7H20N6O2. The summed E-state index contributed by atoms with van der Waals surface area (Å²) in [5.41, 5.74) is 27.8. The molecule has 0 radical (unpaired) electrons. The highest BCUT2D eigenvalue weighted by atomic mass is 16.5. The molecule has 0 aromatic rings. The van der Waals surface area contributed by atoms with Crippen LogP contribution in [0.5, 0.6) is 0 Å². The molecule has 0 aromatic carbocycles. The highest BCUT2D eigenvalue weighted by molar-refractivity contribution is 5.82. The van der Waals surface area contributed by atoms with E-state index < -0.39 is 23.0 Å². The number of ether oxygens (including phenoxy) is 1. The Bertz CT molecular complexity index is 250. The van der Waals surface area contributed by atoms with Crippen molar-refractivity contribution in [1.82, 2.24) is 0 Å². The predicted octanol–water partition coefficient (Wildman–Crippen LogP) is -3.59. The summed E-state index contributed by atoms with van der Waals surface area (Å²) < 4.78 is 4.38. The Morgan fingerprint density at radius 1 is 1.13 bits per heavy atom. The molecule has 0 fully saturated rings. The molecule has 0 unspecified atom stereocenters. The summed E-state index contributed by atoms with van der Waals surface area (Å²) in [5, 5.41) is 0. The van der Waals surface area contributed by atoms with Crippen molar-refractivity contribution < 1.29 is 9.53 Å². The van der Waals surface area contributed by atoms with E-state index in [9.17, 15) is 4.79 Å². The largest absolute Gasteiger partial charge is 0.467 e. The lowest BCUT2D eigenvalue weighted by molar-refractivity contribution is -0.151. The molecule has 8 nitrogen and oxygen atoms in total. The molecule has 0 bridgehead atoms. The number of hydrogen-bond acceptors (Lipinski definition) is 8. The first-order chi connectivity index (χ1) is 6.54. The summed E-state index contributed by atoms with van der Waals surface area (Å²) >= 11 is 0. The SMILES string of the molecule is CCC(N)(N)C(N)(N)C(N)(N)C(=O)OC. The maximum absolute atomic E-state index is 11.3. The Balaban J connectivity index is 5.27. The zero-order valence-electron chi connectivity index (χ0n) is 8.99. The van der Waals surface area contributed by atoms with Gasteiger partial charge in [-0.3, -0.25) is 0 Å². The topological polar surface area (TPSA) is 182 Å². The quantitative estimate of drug-likeness (QED) is 0.207. The molecule has 0 atom stereocenters. The number of methoxy groups -OCH3 is 1. The smallest absolute Gasteiger partial charge is 0.344 e. The Kier molecular flexibility index (Phi) is 3.80. The Hall–Kier alpha value is -0.770. The summed E-state index contributed by atoms with van der Waals surface area (Å²) in [6.45, 7) is 1.64. The summed E-state index contributed by atoms with van der Waals surface area (Å²) in [7, 11) is 1.10. The summed E-state index contributed by atoms with van der Waals surface area (Å²) in [6.07, 6.45) is 0.188. The van der Waals surface area contributed by atoms with Crippen LogP contribution in [-0.4, -0.2) is 30.1 Å². The molecule has 0 heterocycles. The molecule has 12 N–H and O–H groups in total. The van der Waals surface area contributed by atoms with Crippen LogP contribution in [0, 0.1) is 0 Å². The highest BCUT2D eigenvalue weighted by Gasteiger charge is 2.56. The van der Waals surface area contributed by atoms with E-state index in [0.717, 1.165) is 7.11 Å². The highest BCUT2D eigenvalue weighted by Crippen LogP contribution is 2.19. The van der Waals surface area contributed by atoms with Gasteiger partial charge in [0.25, 0.3) is 0 Å². The second kappa shape index (κ2) is 4.00. The monoisotopic (exact) mass is 220 g/mol. The minimum Gasteiger partial charge on any atom is -0.467 e. The van der Waals surface area contributed by atoms with E-state index in [0.29, 0.717) is 0 Å². The van der Waals surface area contributed by atoms with Gasteiger partial charge in [0.05, 0.1) is 12.8 Å². The number of nitrogens with two attached hydrogens (primary N) is 6. The van der Waals surface area contributed by atoms with Crippen LogP contribution in [0.1, 0.15) is 13.3 Å². The van der Waals surface area contributed by atoms with Gasteiger partial charge in [-0.2, -0.15) is 0 Å². The van der Waals surface area contributed by atoms with Crippen LogP contribution in [0.3, 0.4) is 0 Å². The van der Waals surface area contributed by atoms with E-state index in [4.69, 9.17) is 34.4 Å². The van der Waals surface area contributed by atoms with E-state index >= 15 is 0 Å². The van der Waals surface area contributed by atoms with Crippen molar-refractivity contribution >= 4 is 5.97 Å². The summed E-state index contributed by atoms with van der Waals surface area (Å²) in [6, 6.07) is 0. The predicted molar refractivity (Wildman–Crippen MR) is 55.6 cm³/mol. The third-order valence-corrected chi connectivity index (χ3v) is 2.56. The van der Waals surface area contributed by atoms with E-state index in [1.165, 1.54) is 0 Å². The fourth-order valence-corrected chi connectivity index (χ4v) is 1.02. The second-order valence-electron chi connectivity index (χ2n) is 3.62. The fourth-order valence-electron chi connectivity index (χ4n) is 1.02. The van der Waals surface area contributed by atoms with Crippen molar-refractivity contribution in [2.45, 2.75) is 30.3 Å². The lowest BCUT2D eigenvalue weighted by Crippen LogP contribution is -2.91. The third kappa shape index (κ3) is 2.09. The van der Waals surface area contributed by atoms with Crippen LogP contribution in [0.4, 0.5) is 0 Å². The standard InChI is InChI=1S/C7H20N6O2/c1-3-5(8,9)7(12,13)6(10,11)4(14)15-2/h3,8-13H2,1-2H3. The molecule has 0 rings (SSSR count). The van der Waals surface area contributed by atoms with Gasteiger partial charge >= 0.3 is 5.97 Å². The van der Waals surface area contributed by atoms with Gasteiger partial charge in [0, 0.05) is 0 Å². The molecule has 0 amide bonds. The number of rotatable bonds is 4. The van der Waals surface area contributed by atoms with Gasteiger partial charge in [0.1, 0.15) is 5.66 Å². The summed E-state index contributed by atoms with van der Waals surface area (Å²) in [4.78, 5) is 11.3. The van der Waals surface area contributed by atoms with Crippen molar-refractivity contribution in [1.29, 1.82) is 0 Å². The number of hydrogen-bond donors (Lipinski definition) is 6. The number of carbonyl (C=O) groups excluding carboxylic acids is 1. The zero-order chi connectivity index (χ0) is 12.5. The van der Waals surface area contributed by atoms with Crippen molar-refractivity contribution in [2.75, 3.05) is 7.11 Å². The molecule has 0 aliphatic heterocycles. The lowest BCUT2D eigenvalue weighted by atomic mass is 9.82. The first-order valence-electron chi connectivity index (χ1n) is 4.36. The third-order valence-electron chi connectivity index (χ3n) is 2.56. The molecule has 0 aromatic heterocycles. The molecule has 8 heteroatoms. The Morgan fingerprint density at radius 3 is 1.80 bits per heavy atom. The Morgan fingerprint density at radius 2 is 1.53 bits per heavy atom. The molecule has 0 aliphatic rings. The molecule has 0 saturated carbocycles. The summed E-state index contributed by atoms with van der Waals surface area (Å²) in [5.74, 6) is -0.985. The molecule has 0 spiro atoms. The van der Waals surface area contributed by atoms with E-state index in [1.54, 1.807) is 6.92 Å². The minimum absolute atomic E-state index is 0.188. The lowest BCUT2D eigenvalue weighted by Gasteiger charge is -2.47. The van der Waals surface area contributed by atoms with Gasteiger partial charge in [-0.25, -0.2) is 4.79 Å². The molecular weight excluding hydrogens is 200 g/mol. The van der Waals surface area contributed by atoms with Gasteiger partial charge in [-0.15, -0.1) is 0 Å². The first kappa shape index (κ1) is 14.2. The molecule has 0 aliphatic carbocycles. The van der Waals surface area contributed by atoms with E-state index in [2.05, 4.69) is 4.74 Å². The van der Waals surface area contributed by atoms with Crippen LogP contribution in [0.25, 0.3) is 0 Å². The maximum Gasteiger partial charge on any atom is 0.344 e. The van der Waals surface area contributed by atoms with Crippen molar-refractivity contribution in [2.24, 2.45) is 34.4 Å². The van der Waals surface area contributed by atoms with Crippen molar-refractivity contribution in [3.63, 3.8) is 0 Å². The fraction of sp³-hybridized carbons (Fsp3) is 0.857. The van der Waals surface area contributed by atoms with E-state index in [-0.39, 0.29) is 6.42 Å². The zero-order valence-corrected chi connectivity index (χ0v) is 8.99. The Labute approximate surface area is 88.2 Å². The van der Waals surface area contributed by atoms with Gasteiger partial charge in [0.2, 0.25) is 0 Å². The maximum atomic E-state index is 11.3. The molecule has 15 heavy (non-hydrogen) atoms. The average Bonchev–Trinajstić information content (AvgIpc) is 2.15. The van der Waals surface area contributed by atoms with Crippen molar-refractivity contribution in [3.8, 4) is 0 Å². The number of carbonyl (C=O) groups is 1. The van der Waals surface area contributed by atoms with Crippen molar-refractivity contribution in [3.05, 3.63) is 0 Å². The van der Waals surface area contributed by atoms with Gasteiger partial charge in [-0.05, 0) is 6.42 Å². The van der Waals surface area contributed by atoms with Crippen LogP contribution < -0.4 is 34.4 Å². The first-order valence-corrected chi connectivity index (χ1v) is 4.36. The molecule has 0 saturated heterocycles. The van der Waals surface area contributed by atoms with Crippen LogP contribution in [0.2, 0.25) is 0 Å². The van der Waals surface area contributed by atoms with Crippen LogP contribution in [0.15, 0.2) is 0 Å². The average molecular weight is 220 g/mol. The molecule has 90 valence electrons. The minimum atomic E-state index is -2.17. The van der Waals surface area contributed by atoms with Crippen LogP contribution in [-0.2, 0) is 9.53 Å². The van der Waals surface area contributed by atoms with Gasteiger partial charge in [0.15, 0.2) is 5.66 Å². The van der Waals surface area contributed by atoms with Gasteiger partial charge < -0.3 is 39.1 Å². The number of esters is 1. The van der Waals surface area contributed by atoms with E-state index in [1.807, 2.05) is 0 Å². The normalized spacial score (nSPS) is 13.9. The second-order valence-corrected chi connectivity index (χ2v) is 3.62. The van der Waals surface area contributed by atoms with Gasteiger partial charge in [-0.1, -0.05) is 6.92 Å². The van der Waals surface area contributed by atoms with Crippen LogP contribution >= 0.6 is 0 Å².